The molecule has 0 radical (unpaired) electrons. The van der Waals surface area contributed by atoms with Crippen LogP contribution < -0.4 is 5.32 Å². The lowest BCUT2D eigenvalue weighted by Gasteiger charge is -2.41. The van der Waals surface area contributed by atoms with E-state index < -0.39 is 0 Å². The summed E-state index contributed by atoms with van der Waals surface area (Å²) in [6.45, 7) is 6.83. The zero-order valence-electron chi connectivity index (χ0n) is 11.1. The van der Waals surface area contributed by atoms with Gasteiger partial charge in [0.2, 0.25) is 0 Å². The third-order valence-electron chi connectivity index (χ3n) is 4.06. The van der Waals surface area contributed by atoms with Gasteiger partial charge in [-0.3, -0.25) is 0 Å². The van der Waals surface area contributed by atoms with E-state index in [4.69, 9.17) is 0 Å². The number of hydrogen-bond acceptors (Lipinski definition) is 2. The number of likely N-dealkylation sites (N-methyl/N-ethyl adjacent to an activating group) is 1. The molecule has 2 nitrogen and oxygen atoms in total. The zero-order valence-corrected chi connectivity index (χ0v) is 11.1. The molecule has 0 aromatic heterocycles. The molecule has 0 bridgehead atoms. The highest BCUT2D eigenvalue weighted by Crippen LogP contribution is 2.34. The summed E-state index contributed by atoms with van der Waals surface area (Å²) in [6.07, 6.45) is 2.50. The zero-order chi connectivity index (χ0) is 12.1. The summed E-state index contributed by atoms with van der Waals surface area (Å²) in [6, 6.07) is 11.1. The van der Waals surface area contributed by atoms with E-state index in [1.807, 2.05) is 0 Å². The van der Waals surface area contributed by atoms with Crippen LogP contribution in [0.2, 0.25) is 0 Å². The van der Waals surface area contributed by atoms with Crippen LogP contribution in [0.15, 0.2) is 30.3 Å². The van der Waals surface area contributed by atoms with Crippen LogP contribution in [0.5, 0.6) is 0 Å². The SMILES string of the molecule is CCN(C)CC1(c2ccccc2)CCNCC1. The predicted molar refractivity (Wildman–Crippen MR) is 73.4 cm³/mol. The first-order chi connectivity index (χ1) is 8.27. The summed E-state index contributed by atoms with van der Waals surface area (Å²) in [5, 5.41) is 3.48. The molecule has 1 aromatic carbocycles. The number of nitrogens with zero attached hydrogens (tertiary/aromatic N) is 1. The van der Waals surface area contributed by atoms with Crippen molar-refractivity contribution in [1.29, 1.82) is 0 Å². The second-order valence-electron chi connectivity index (χ2n) is 5.23. The maximum atomic E-state index is 3.48. The first-order valence-electron chi connectivity index (χ1n) is 6.72. The van der Waals surface area contributed by atoms with Crippen LogP contribution >= 0.6 is 0 Å². The molecule has 2 rings (SSSR count). The normalized spacial score (nSPS) is 19.5. The summed E-state index contributed by atoms with van der Waals surface area (Å²) in [4.78, 5) is 2.44. The van der Waals surface area contributed by atoms with Crippen LogP contribution in [0.4, 0.5) is 0 Å². The van der Waals surface area contributed by atoms with Crippen molar-refractivity contribution in [2.45, 2.75) is 25.2 Å². The van der Waals surface area contributed by atoms with Crippen molar-refractivity contribution < 1.29 is 0 Å². The van der Waals surface area contributed by atoms with E-state index in [1.54, 1.807) is 0 Å². The van der Waals surface area contributed by atoms with Crippen LogP contribution in [-0.4, -0.2) is 38.1 Å². The minimum absolute atomic E-state index is 0.358. The fraction of sp³-hybridized carbons (Fsp3) is 0.600. The predicted octanol–water partition coefficient (Wildman–Crippen LogP) is 2.26. The van der Waals surface area contributed by atoms with Gasteiger partial charge in [-0.25, -0.2) is 0 Å². The van der Waals surface area contributed by atoms with E-state index in [1.165, 1.54) is 24.9 Å². The first kappa shape index (κ1) is 12.6. The lowest BCUT2D eigenvalue weighted by molar-refractivity contribution is 0.207. The average molecular weight is 232 g/mol. The van der Waals surface area contributed by atoms with Crippen molar-refractivity contribution in [3.8, 4) is 0 Å². The van der Waals surface area contributed by atoms with Crippen LogP contribution in [0.3, 0.4) is 0 Å². The van der Waals surface area contributed by atoms with Crippen molar-refractivity contribution in [2.24, 2.45) is 0 Å². The summed E-state index contributed by atoms with van der Waals surface area (Å²) < 4.78 is 0. The Hall–Kier alpha value is -0.860. The Kier molecular flexibility index (Phi) is 4.19. The van der Waals surface area contributed by atoms with Crippen molar-refractivity contribution in [1.82, 2.24) is 10.2 Å². The molecular weight excluding hydrogens is 208 g/mol. The number of benzene rings is 1. The molecule has 0 saturated carbocycles. The van der Waals surface area contributed by atoms with Gasteiger partial charge < -0.3 is 10.2 Å². The molecule has 0 spiro atoms. The Balaban J connectivity index is 2.23. The Bertz CT molecular complexity index is 328. The second kappa shape index (κ2) is 5.65. The van der Waals surface area contributed by atoms with Crippen LogP contribution in [0, 0.1) is 0 Å². The molecule has 17 heavy (non-hydrogen) atoms. The quantitative estimate of drug-likeness (QED) is 0.856. The highest BCUT2D eigenvalue weighted by molar-refractivity contribution is 5.27. The van der Waals surface area contributed by atoms with Gasteiger partial charge in [0, 0.05) is 12.0 Å². The number of nitrogens with one attached hydrogen (secondary N) is 1. The van der Waals surface area contributed by atoms with Gasteiger partial charge in [0.1, 0.15) is 0 Å². The third kappa shape index (κ3) is 2.88. The molecule has 0 unspecified atom stereocenters. The van der Waals surface area contributed by atoms with Crippen molar-refractivity contribution in [2.75, 3.05) is 33.2 Å². The number of rotatable bonds is 4. The summed E-state index contributed by atoms with van der Waals surface area (Å²) in [5.74, 6) is 0. The summed E-state index contributed by atoms with van der Waals surface area (Å²) >= 11 is 0. The van der Waals surface area contributed by atoms with Gasteiger partial charge in [0.15, 0.2) is 0 Å². The summed E-state index contributed by atoms with van der Waals surface area (Å²) in [5.41, 5.74) is 1.87. The maximum absolute atomic E-state index is 3.48. The Morgan fingerprint density at radius 3 is 2.41 bits per heavy atom. The lowest BCUT2D eigenvalue weighted by atomic mass is 9.73. The maximum Gasteiger partial charge on any atom is 0.0104 e. The molecule has 1 heterocycles. The molecule has 1 N–H and O–H groups in total. The van der Waals surface area contributed by atoms with Gasteiger partial charge in [0.05, 0.1) is 0 Å². The van der Waals surface area contributed by atoms with Gasteiger partial charge in [-0.2, -0.15) is 0 Å². The number of hydrogen-bond donors (Lipinski definition) is 1. The summed E-state index contributed by atoms with van der Waals surface area (Å²) in [7, 11) is 2.23. The van der Waals surface area contributed by atoms with Crippen LogP contribution in [0.1, 0.15) is 25.3 Å². The Labute approximate surface area is 105 Å². The smallest absolute Gasteiger partial charge is 0.0104 e. The average Bonchev–Trinajstić information content (AvgIpc) is 2.40. The Morgan fingerprint density at radius 1 is 1.18 bits per heavy atom. The molecule has 1 fully saturated rings. The molecule has 0 amide bonds. The van der Waals surface area contributed by atoms with E-state index in [-0.39, 0.29) is 0 Å². The van der Waals surface area contributed by atoms with Crippen molar-refractivity contribution >= 4 is 0 Å². The van der Waals surface area contributed by atoms with E-state index in [0.717, 1.165) is 19.6 Å². The monoisotopic (exact) mass is 232 g/mol. The molecule has 1 aliphatic heterocycles. The number of piperidine rings is 1. The fourth-order valence-electron chi connectivity index (χ4n) is 2.86. The molecule has 1 aromatic rings. The van der Waals surface area contributed by atoms with Gasteiger partial charge in [-0.1, -0.05) is 37.3 Å². The van der Waals surface area contributed by atoms with Crippen molar-refractivity contribution in [3.63, 3.8) is 0 Å². The van der Waals surface area contributed by atoms with E-state index >= 15 is 0 Å². The Morgan fingerprint density at radius 2 is 1.82 bits per heavy atom. The molecule has 1 aliphatic rings. The van der Waals surface area contributed by atoms with Crippen LogP contribution in [-0.2, 0) is 5.41 Å². The first-order valence-corrected chi connectivity index (χ1v) is 6.72. The van der Waals surface area contributed by atoms with Gasteiger partial charge >= 0.3 is 0 Å². The second-order valence-corrected chi connectivity index (χ2v) is 5.23. The van der Waals surface area contributed by atoms with E-state index in [0.29, 0.717) is 5.41 Å². The third-order valence-corrected chi connectivity index (χ3v) is 4.06. The topological polar surface area (TPSA) is 15.3 Å². The molecule has 1 saturated heterocycles. The molecule has 0 atom stereocenters. The molecule has 94 valence electrons. The van der Waals surface area contributed by atoms with Gasteiger partial charge in [-0.05, 0) is 45.1 Å². The van der Waals surface area contributed by atoms with Crippen molar-refractivity contribution in [3.05, 3.63) is 35.9 Å². The minimum atomic E-state index is 0.358. The molecule has 0 aliphatic carbocycles. The minimum Gasteiger partial charge on any atom is -0.317 e. The molecular formula is C15H24N2. The standard InChI is InChI=1S/C15H24N2/c1-3-17(2)13-15(9-11-16-12-10-15)14-7-5-4-6-8-14/h4-8,16H,3,9-13H2,1-2H3. The highest BCUT2D eigenvalue weighted by atomic mass is 15.1. The lowest BCUT2D eigenvalue weighted by Crippen LogP contribution is -2.46. The fourth-order valence-corrected chi connectivity index (χ4v) is 2.86. The largest absolute Gasteiger partial charge is 0.317 e. The van der Waals surface area contributed by atoms with E-state index in [2.05, 4.69) is 54.5 Å². The molecule has 2 heteroatoms. The van der Waals surface area contributed by atoms with E-state index in [9.17, 15) is 0 Å². The van der Waals surface area contributed by atoms with Gasteiger partial charge in [-0.15, -0.1) is 0 Å². The van der Waals surface area contributed by atoms with Crippen LogP contribution in [0.25, 0.3) is 0 Å². The van der Waals surface area contributed by atoms with Gasteiger partial charge in [0.25, 0.3) is 0 Å². The highest BCUT2D eigenvalue weighted by Gasteiger charge is 2.34.